The normalized spacial score (nSPS) is 19.0. The Hall–Kier alpha value is -5.28. The Bertz CT molecular complexity index is 2780. The van der Waals surface area contributed by atoms with Crippen LogP contribution in [0.3, 0.4) is 0 Å². The first-order valence-electron chi connectivity index (χ1n) is 23.5. The van der Waals surface area contributed by atoms with E-state index in [1.807, 2.05) is 0 Å². The van der Waals surface area contributed by atoms with Crippen molar-refractivity contribution in [2.45, 2.75) is 92.4 Å². The molecule has 7 aromatic carbocycles. The first-order valence-corrected chi connectivity index (χ1v) is 34.9. The Balaban J connectivity index is 1.65. The zero-order chi connectivity index (χ0) is 45.9. The monoisotopic (exact) mass is 947 g/mol. The molecule has 65 heavy (non-hydrogen) atoms. The Morgan fingerprint density at radius 1 is 0.446 bits per heavy atom. The number of hydrogen-bond donors (Lipinski definition) is 0. The summed E-state index contributed by atoms with van der Waals surface area (Å²) >= 11 is -6.61. The molecule has 0 saturated carbocycles. The van der Waals surface area contributed by atoms with Gasteiger partial charge in [-0.2, -0.15) is 0 Å². The Labute approximate surface area is 392 Å². The third-order valence-electron chi connectivity index (χ3n) is 14.8. The summed E-state index contributed by atoms with van der Waals surface area (Å²) in [5, 5.41) is 0. The summed E-state index contributed by atoms with van der Waals surface area (Å²) in [4.78, 5) is 0. The molecule has 0 fully saturated rings. The van der Waals surface area contributed by atoms with Gasteiger partial charge in [0.05, 0.1) is 0 Å². The molecule has 0 spiro atoms. The van der Waals surface area contributed by atoms with Crippen molar-refractivity contribution in [2.24, 2.45) is 0 Å². The van der Waals surface area contributed by atoms with E-state index in [2.05, 4.69) is 257 Å². The number of fused-ring (bicyclic) bond motifs is 2. The summed E-state index contributed by atoms with van der Waals surface area (Å²) in [6.07, 6.45) is 4.97. The first kappa shape index (κ1) is 44.9. The molecule has 0 heterocycles. The van der Waals surface area contributed by atoms with Crippen LogP contribution in [0.1, 0.15) is 117 Å². The van der Waals surface area contributed by atoms with E-state index in [9.17, 15) is 5.63 Å². The molecule has 2 aliphatic carbocycles. The van der Waals surface area contributed by atoms with Crippen molar-refractivity contribution in [3.63, 3.8) is 0 Å². The predicted octanol–water partition coefficient (Wildman–Crippen LogP) is 14.9. The molecule has 2 aliphatic rings. The predicted molar refractivity (Wildman–Crippen MR) is 274 cm³/mol. The molecule has 4 heteroatoms. The fourth-order valence-corrected chi connectivity index (χ4v) is 54.6. The quantitative estimate of drug-likeness (QED) is 0.120. The third kappa shape index (κ3) is 6.88. The van der Waals surface area contributed by atoms with E-state index < -0.39 is 31.7 Å². The van der Waals surface area contributed by atoms with Crippen molar-refractivity contribution in [1.82, 2.24) is 0 Å². The molecule has 2 unspecified atom stereocenters. The molecular weight excluding hydrogens is 884 g/mol. The second-order valence-electron chi connectivity index (χ2n) is 21.0. The topological polar surface area (TPSA) is 18.5 Å². The standard InChI is InChI=1S/2C16H13.2C11H16O.C7H9Si.Zr/c2*1-12-11-14-9-5-6-10-15(14)16(12)13-7-3-2-4-8-13;2*1-8-5-6-10(12)9(7-8)11(2,3)4;8-6-7-4-2-1-3-5-7;/h2*2-11H,1H3;2*5-7,12H,1-4H3;1-5H,6,8H2;/q;;;;;+2/p-2. The van der Waals surface area contributed by atoms with E-state index in [4.69, 9.17) is 0 Å². The Kier molecular flexibility index (Phi) is 11.4. The molecule has 0 saturated heterocycles. The number of rotatable bonds is 11. The van der Waals surface area contributed by atoms with Crippen molar-refractivity contribution in [3.8, 4) is 11.5 Å². The van der Waals surface area contributed by atoms with Crippen LogP contribution in [0.4, 0.5) is 0 Å². The molecular formula is C61H65O2SiZr. The third-order valence-corrected chi connectivity index (χ3v) is 48.4. The van der Waals surface area contributed by atoms with Crippen LogP contribution < -0.4 is 5.63 Å². The molecule has 9 rings (SSSR count). The second kappa shape index (κ2) is 16.6. The van der Waals surface area contributed by atoms with Gasteiger partial charge in [-0.05, 0) is 0 Å². The van der Waals surface area contributed by atoms with E-state index in [-0.39, 0.29) is 10.8 Å². The first-order chi connectivity index (χ1) is 31.1. The molecule has 2 atom stereocenters. The minimum atomic E-state index is -6.61. The summed E-state index contributed by atoms with van der Waals surface area (Å²) in [7, 11) is 0. The van der Waals surface area contributed by atoms with E-state index in [1.54, 1.807) is 0 Å². The van der Waals surface area contributed by atoms with E-state index in [0.717, 1.165) is 17.5 Å². The van der Waals surface area contributed by atoms with E-state index in [1.165, 1.54) is 72.3 Å². The van der Waals surface area contributed by atoms with Crippen LogP contribution >= 0.6 is 0 Å². The van der Waals surface area contributed by atoms with Crippen LogP contribution in [-0.2, 0) is 41.9 Å². The maximum atomic E-state index is 9.33. The molecule has 2 nitrogen and oxygen atoms in total. The average Bonchev–Trinajstić information content (AvgIpc) is 3.78. The molecule has 0 radical (unpaired) electrons. The van der Waals surface area contributed by atoms with Crippen molar-refractivity contribution in [1.29, 1.82) is 0 Å². The molecule has 0 aromatic heterocycles. The fourth-order valence-electron chi connectivity index (χ4n) is 12.3. The van der Waals surface area contributed by atoms with Crippen LogP contribution in [0.25, 0.3) is 12.2 Å². The molecule has 0 N–H and O–H groups in total. The van der Waals surface area contributed by atoms with Gasteiger partial charge in [0.25, 0.3) is 0 Å². The van der Waals surface area contributed by atoms with Crippen molar-refractivity contribution < 1.29 is 24.4 Å². The zero-order valence-corrected chi connectivity index (χ0v) is 44.0. The van der Waals surface area contributed by atoms with Gasteiger partial charge in [-0.15, -0.1) is 0 Å². The zero-order valence-electron chi connectivity index (χ0n) is 40.1. The SMILES string of the molecule is CC1=Cc2ccccc2[C]1(c1ccccc1)[Zr]([O]c1ccc(C)cc1C(C)(C)C)([O]c1ccc(C)cc1C(C)(C)C)([SiH2]Cc1ccccc1)[C]1(c2ccccc2)C(C)=Cc2ccccc21. The van der Waals surface area contributed by atoms with Gasteiger partial charge in [-0.1, -0.05) is 0 Å². The van der Waals surface area contributed by atoms with Gasteiger partial charge in [0, 0.05) is 0 Å². The van der Waals surface area contributed by atoms with Crippen LogP contribution in [0.5, 0.6) is 11.5 Å². The van der Waals surface area contributed by atoms with Gasteiger partial charge in [0.1, 0.15) is 0 Å². The van der Waals surface area contributed by atoms with Gasteiger partial charge in [-0.25, -0.2) is 0 Å². The summed E-state index contributed by atoms with van der Waals surface area (Å²) in [6.45, 7) is 21.6. The molecule has 0 bridgehead atoms. The molecule has 7 aromatic rings. The Morgan fingerprint density at radius 2 is 0.815 bits per heavy atom. The number of benzene rings is 7. The molecule has 329 valence electrons. The van der Waals surface area contributed by atoms with Gasteiger partial charge < -0.3 is 0 Å². The molecule has 0 amide bonds. The van der Waals surface area contributed by atoms with E-state index >= 15 is 0 Å². The summed E-state index contributed by atoms with van der Waals surface area (Å²) in [6, 6.07) is 67.3. The van der Waals surface area contributed by atoms with Crippen LogP contribution in [0, 0.1) is 13.8 Å². The van der Waals surface area contributed by atoms with Crippen molar-refractivity contribution in [3.05, 3.63) is 248 Å². The number of aryl methyl sites for hydroxylation is 2. The maximum absolute atomic E-state index is 9.33. The minimum absolute atomic E-state index is 0.252. The van der Waals surface area contributed by atoms with Crippen LogP contribution in [0.2, 0.25) is 0 Å². The summed E-state index contributed by atoms with van der Waals surface area (Å²) in [5.74, 6) is 1.86. The van der Waals surface area contributed by atoms with E-state index in [0.29, 0.717) is 0 Å². The van der Waals surface area contributed by atoms with Crippen LogP contribution in [0.15, 0.2) is 187 Å². The van der Waals surface area contributed by atoms with Gasteiger partial charge in [0.15, 0.2) is 0 Å². The van der Waals surface area contributed by atoms with Gasteiger partial charge >= 0.3 is 395 Å². The Morgan fingerprint density at radius 3 is 1.22 bits per heavy atom. The number of hydrogen-bond acceptors (Lipinski definition) is 2. The number of allylic oxidation sites excluding steroid dienone is 2. The molecule has 0 aliphatic heterocycles. The average molecular weight is 949 g/mol. The van der Waals surface area contributed by atoms with Crippen molar-refractivity contribution >= 4 is 18.8 Å². The summed E-state index contributed by atoms with van der Waals surface area (Å²) < 4.78 is 17.0. The second-order valence-corrected chi connectivity index (χ2v) is 44.2. The fraction of sp³-hybridized carbons (Fsp3) is 0.246. The summed E-state index contributed by atoms with van der Waals surface area (Å²) in [5.41, 5.74) is 15.7. The van der Waals surface area contributed by atoms with Crippen molar-refractivity contribution in [2.75, 3.05) is 0 Å². The van der Waals surface area contributed by atoms with Gasteiger partial charge in [0.2, 0.25) is 0 Å². The van der Waals surface area contributed by atoms with Gasteiger partial charge in [-0.3, -0.25) is 0 Å². The van der Waals surface area contributed by atoms with Crippen LogP contribution in [-0.4, -0.2) is 6.65 Å².